The smallest absolute Gasteiger partial charge is 0.260 e. The summed E-state index contributed by atoms with van der Waals surface area (Å²) >= 11 is 0. The van der Waals surface area contributed by atoms with Gasteiger partial charge in [-0.2, -0.15) is 10.2 Å². The Morgan fingerprint density at radius 2 is 2.20 bits per heavy atom. The molecule has 1 atom stereocenters. The third-order valence-corrected chi connectivity index (χ3v) is 5.35. The fourth-order valence-corrected chi connectivity index (χ4v) is 3.42. The summed E-state index contributed by atoms with van der Waals surface area (Å²) in [4.78, 5) is 17.8. The molecular formula is C20H23F2N7O. The highest BCUT2D eigenvalue weighted by Crippen LogP contribution is 2.50. The zero-order valence-corrected chi connectivity index (χ0v) is 16.8. The molecule has 2 aromatic heterocycles. The second kappa shape index (κ2) is 7.51. The number of nitrogens with zero attached hydrogens (tertiary/aromatic N) is 6. The molecule has 1 saturated carbocycles. The lowest BCUT2D eigenvalue weighted by molar-refractivity contribution is -0.141. The molecular weight excluding hydrogens is 392 g/mol. The van der Waals surface area contributed by atoms with Crippen molar-refractivity contribution in [3.05, 3.63) is 42.5 Å². The summed E-state index contributed by atoms with van der Waals surface area (Å²) < 4.78 is 27.9. The highest BCUT2D eigenvalue weighted by molar-refractivity contribution is 5.83. The quantitative estimate of drug-likeness (QED) is 0.556. The number of amides is 1. The highest BCUT2D eigenvalue weighted by Gasteiger charge is 2.63. The number of aryl methyl sites for hydroxylation is 1. The Bertz CT molecular complexity index is 997. The van der Waals surface area contributed by atoms with E-state index in [2.05, 4.69) is 27.2 Å². The minimum Gasteiger partial charge on any atom is -0.338 e. The minimum atomic E-state index is -2.84. The van der Waals surface area contributed by atoms with Crippen molar-refractivity contribution in [2.75, 3.05) is 18.4 Å². The fourth-order valence-electron chi connectivity index (χ4n) is 3.42. The van der Waals surface area contributed by atoms with Crippen molar-refractivity contribution in [2.45, 2.75) is 25.3 Å². The Balaban J connectivity index is 1.39. The molecule has 158 valence electrons. The molecule has 0 aromatic carbocycles. The summed E-state index contributed by atoms with van der Waals surface area (Å²) in [5.41, 5.74) is 2.70. The van der Waals surface area contributed by atoms with Crippen LogP contribution < -0.4 is 5.32 Å². The molecule has 8 nitrogen and oxygen atoms in total. The topological polar surface area (TPSA) is 78.7 Å². The van der Waals surface area contributed by atoms with Crippen molar-refractivity contribution < 1.29 is 13.6 Å². The van der Waals surface area contributed by atoms with Crippen LogP contribution >= 0.6 is 0 Å². The number of alkyl halides is 2. The first-order valence-electron chi connectivity index (χ1n) is 9.59. The number of rotatable bonds is 7. The van der Waals surface area contributed by atoms with E-state index in [-0.39, 0.29) is 12.5 Å². The SMILES string of the molecule is C=NN(/C=C(\C)c1ccnc(Nc2cnn(C)c2)c1)C1CN(C(=O)C2CC2(F)F)C1. The largest absolute Gasteiger partial charge is 0.338 e. The molecule has 1 saturated heterocycles. The van der Waals surface area contributed by atoms with Crippen molar-refractivity contribution in [1.29, 1.82) is 0 Å². The summed E-state index contributed by atoms with van der Waals surface area (Å²) in [5.74, 6) is -3.78. The van der Waals surface area contributed by atoms with Crippen LogP contribution in [0.4, 0.5) is 20.3 Å². The predicted molar refractivity (Wildman–Crippen MR) is 109 cm³/mol. The van der Waals surface area contributed by atoms with Crippen LogP contribution in [0.1, 0.15) is 18.9 Å². The molecule has 1 aliphatic heterocycles. The number of halogens is 2. The summed E-state index contributed by atoms with van der Waals surface area (Å²) in [6.45, 7) is 6.26. The lowest BCUT2D eigenvalue weighted by atomic mass is 10.1. The van der Waals surface area contributed by atoms with E-state index in [9.17, 15) is 13.6 Å². The van der Waals surface area contributed by atoms with Crippen LogP contribution in [0.15, 0.2) is 42.0 Å². The van der Waals surface area contributed by atoms with Gasteiger partial charge in [0.1, 0.15) is 11.7 Å². The standard InChI is InChI=1S/C20H23F2N7O/c1-13(14-4-5-24-18(6-14)26-15-8-25-27(3)10-15)9-29(23-2)16-11-28(12-16)19(30)17-7-20(17,21)22/h4-6,8-10,16-17H,2,7,11-12H2,1,3H3,(H,24,26)/b13-9+. The van der Waals surface area contributed by atoms with E-state index in [1.807, 2.05) is 38.5 Å². The molecule has 10 heteroatoms. The summed E-state index contributed by atoms with van der Waals surface area (Å²) in [5, 5.41) is 13.0. The molecule has 1 aliphatic carbocycles. The van der Waals surface area contributed by atoms with E-state index in [4.69, 9.17) is 0 Å². The molecule has 0 bridgehead atoms. The zero-order valence-electron chi connectivity index (χ0n) is 16.8. The highest BCUT2D eigenvalue weighted by atomic mass is 19.3. The number of likely N-dealkylation sites (tertiary alicyclic amines) is 1. The van der Waals surface area contributed by atoms with E-state index in [1.54, 1.807) is 22.1 Å². The first kappa shape index (κ1) is 20.0. The van der Waals surface area contributed by atoms with Gasteiger partial charge in [-0.15, -0.1) is 0 Å². The molecule has 1 N–H and O–H groups in total. The van der Waals surface area contributed by atoms with Crippen molar-refractivity contribution >= 4 is 29.7 Å². The van der Waals surface area contributed by atoms with Gasteiger partial charge in [0.25, 0.3) is 5.92 Å². The zero-order chi connectivity index (χ0) is 21.5. The van der Waals surface area contributed by atoms with Crippen LogP contribution in [-0.4, -0.2) is 62.4 Å². The van der Waals surface area contributed by atoms with Crippen LogP contribution in [0.25, 0.3) is 5.57 Å². The summed E-state index contributed by atoms with van der Waals surface area (Å²) in [6, 6.07) is 3.71. The molecule has 30 heavy (non-hydrogen) atoms. The van der Waals surface area contributed by atoms with Crippen LogP contribution in [-0.2, 0) is 11.8 Å². The van der Waals surface area contributed by atoms with Crippen molar-refractivity contribution in [3.63, 3.8) is 0 Å². The van der Waals surface area contributed by atoms with Gasteiger partial charge in [0.05, 0.1) is 17.9 Å². The van der Waals surface area contributed by atoms with E-state index < -0.39 is 17.7 Å². The van der Waals surface area contributed by atoms with E-state index in [0.717, 1.165) is 16.8 Å². The van der Waals surface area contributed by atoms with Crippen LogP contribution in [0.2, 0.25) is 0 Å². The molecule has 3 heterocycles. The molecule has 1 amide bonds. The molecule has 4 rings (SSSR count). The van der Waals surface area contributed by atoms with Gasteiger partial charge in [-0.05, 0) is 30.2 Å². The number of aromatic nitrogens is 3. The number of hydrazone groups is 1. The summed E-state index contributed by atoms with van der Waals surface area (Å²) in [6.07, 6.45) is 6.76. The second-order valence-corrected chi connectivity index (χ2v) is 7.71. The Labute approximate surface area is 172 Å². The number of pyridine rings is 1. The third kappa shape index (κ3) is 4.03. The van der Waals surface area contributed by atoms with Gasteiger partial charge < -0.3 is 10.2 Å². The van der Waals surface area contributed by atoms with Gasteiger partial charge in [0.15, 0.2) is 0 Å². The average Bonchev–Trinajstić information content (AvgIpc) is 3.12. The Hall–Kier alpha value is -3.30. The van der Waals surface area contributed by atoms with Crippen molar-refractivity contribution in [2.24, 2.45) is 18.1 Å². The fraction of sp³-hybridized carbons (Fsp3) is 0.400. The molecule has 2 fully saturated rings. The van der Waals surface area contributed by atoms with Crippen molar-refractivity contribution in [3.8, 4) is 0 Å². The molecule has 0 radical (unpaired) electrons. The number of hydrogen-bond donors (Lipinski definition) is 1. The molecule has 2 aliphatic rings. The number of nitrogens with one attached hydrogen (secondary N) is 1. The van der Waals surface area contributed by atoms with E-state index >= 15 is 0 Å². The third-order valence-electron chi connectivity index (χ3n) is 5.35. The number of hydrogen-bond acceptors (Lipinski definition) is 6. The Morgan fingerprint density at radius 3 is 2.80 bits per heavy atom. The van der Waals surface area contributed by atoms with Gasteiger partial charge in [0.2, 0.25) is 5.91 Å². The maximum atomic E-state index is 13.1. The first-order chi connectivity index (χ1) is 14.3. The number of anilines is 2. The number of carbonyl (C=O) groups is 1. The van der Waals surface area contributed by atoms with Crippen molar-refractivity contribution in [1.82, 2.24) is 24.7 Å². The Kier molecular flexibility index (Phi) is 5.00. The molecule has 1 unspecified atom stereocenters. The molecule has 0 spiro atoms. The Morgan fingerprint density at radius 1 is 1.47 bits per heavy atom. The van der Waals surface area contributed by atoms with Gasteiger partial charge in [-0.1, -0.05) is 0 Å². The normalized spacial score (nSPS) is 20.5. The second-order valence-electron chi connectivity index (χ2n) is 7.71. The number of allylic oxidation sites excluding steroid dienone is 1. The van der Waals surface area contributed by atoms with Gasteiger partial charge >= 0.3 is 0 Å². The van der Waals surface area contributed by atoms with E-state index in [0.29, 0.717) is 18.9 Å². The lowest BCUT2D eigenvalue weighted by Crippen LogP contribution is -2.59. The maximum Gasteiger partial charge on any atom is 0.260 e. The minimum absolute atomic E-state index is 0.0800. The van der Waals surface area contributed by atoms with Crippen LogP contribution in [0, 0.1) is 5.92 Å². The molecule has 2 aromatic rings. The van der Waals surface area contributed by atoms with Gasteiger partial charge in [-0.3, -0.25) is 14.5 Å². The monoisotopic (exact) mass is 415 g/mol. The predicted octanol–water partition coefficient (Wildman–Crippen LogP) is 2.70. The van der Waals surface area contributed by atoms with Crippen LogP contribution in [0.3, 0.4) is 0 Å². The maximum absolute atomic E-state index is 13.1. The lowest BCUT2D eigenvalue weighted by Gasteiger charge is -2.43. The number of carbonyl (C=O) groups excluding carboxylic acids is 1. The van der Waals surface area contributed by atoms with Gasteiger partial charge in [0, 0.05) is 51.9 Å². The first-order valence-corrected chi connectivity index (χ1v) is 9.59. The van der Waals surface area contributed by atoms with E-state index in [1.165, 1.54) is 4.90 Å². The van der Waals surface area contributed by atoms with Gasteiger partial charge in [-0.25, -0.2) is 13.8 Å². The average molecular weight is 415 g/mol. The summed E-state index contributed by atoms with van der Waals surface area (Å²) in [7, 11) is 1.84. The van der Waals surface area contributed by atoms with Crippen LogP contribution in [0.5, 0.6) is 0 Å².